The summed E-state index contributed by atoms with van der Waals surface area (Å²) >= 11 is 1.68. The number of hydrogen-bond donors (Lipinski definition) is 2. The lowest BCUT2D eigenvalue weighted by molar-refractivity contribution is -0.119. The van der Waals surface area contributed by atoms with Crippen LogP contribution in [0.15, 0.2) is 42.7 Å². The Morgan fingerprint density at radius 3 is 2.80 bits per heavy atom. The molecule has 0 radical (unpaired) electrons. The Balaban J connectivity index is 1.38. The van der Waals surface area contributed by atoms with Crippen molar-refractivity contribution in [2.45, 2.75) is 39.3 Å². The van der Waals surface area contributed by atoms with E-state index in [9.17, 15) is 4.79 Å². The van der Waals surface area contributed by atoms with E-state index in [1.807, 2.05) is 43.5 Å². The maximum atomic E-state index is 11.2. The van der Waals surface area contributed by atoms with Crippen molar-refractivity contribution in [3.63, 3.8) is 0 Å². The number of thiazole rings is 1. The van der Waals surface area contributed by atoms with Gasteiger partial charge in [-0.15, -0.1) is 11.3 Å². The highest BCUT2D eigenvalue weighted by atomic mass is 32.1. The van der Waals surface area contributed by atoms with Crippen LogP contribution in [0.3, 0.4) is 0 Å². The number of piperidine rings is 1. The van der Waals surface area contributed by atoms with Gasteiger partial charge in [-0.05, 0) is 49.6 Å². The Labute approximate surface area is 180 Å². The van der Waals surface area contributed by atoms with Crippen LogP contribution in [0.1, 0.15) is 30.3 Å². The lowest BCUT2D eigenvalue weighted by Gasteiger charge is -2.31. The second-order valence-electron chi connectivity index (χ2n) is 7.62. The van der Waals surface area contributed by atoms with Crippen molar-refractivity contribution in [3.8, 4) is 10.6 Å². The molecule has 1 aliphatic heterocycles. The summed E-state index contributed by atoms with van der Waals surface area (Å²) in [5.74, 6) is 1.60. The second-order valence-corrected chi connectivity index (χ2v) is 8.74. The summed E-state index contributed by atoms with van der Waals surface area (Å²) in [7, 11) is 0. The van der Waals surface area contributed by atoms with E-state index in [0.29, 0.717) is 6.04 Å². The first-order valence-corrected chi connectivity index (χ1v) is 11.0. The third-order valence-electron chi connectivity index (χ3n) is 5.08. The van der Waals surface area contributed by atoms with Gasteiger partial charge >= 0.3 is 0 Å². The first-order valence-electron chi connectivity index (χ1n) is 10.2. The number of amides is 1. The molecular weight excluding hydrogens is 396 g/mol. The second kappa shape index (κ2) is 9.32. The summed E-state index contributed by atoms with van der Waals surface area (Å²) in [6.07, 6.45) is 5.66. The molecule has 3 aromatic rings. The van der Waals surface area contributed by atoms with E-state index < -0.39 is 0 Å². The lowest BCUT2D eigenvalue weighted by atomic mass is 10.1. The van der Waals surface area contributed by atoms with Crippen LogP contribution in [0.2, 0.25) is 0 Å². The number of hydrogen-bond acceptors (Lipinski definition) is 7. The van der Waals surface area contributed by atoms with Gasteiger partial charge in [-0.2, -0.15) is 0 Å². The van der Waals surface area contributed by atoms with Crippen LogP contribution >= 0.6 is 11.3 Å². The monoisotopic (exact) mass is 422 g/mol. The van der Waals surface area contributed by atoms with Crippen molar-refractivity contribution in [2.24, 2.45) is 0 Å². The fourth-order valence-corrected chi connectivity index (χ4v) is 4.52. The minimum Gasteiger partial charge on any atom is -0.354 e. The molecule has 0 saturated carbocycles. The quantitative estimate of drug-likeness (QED) is 0.629. The van der Waals surface area contributed by atoms with E-state index in [0.717, 1.165) is 65.3 Å². The molecule has 0 unspecified atom stereocenters. The lowest BCUT2D eigenvalue weighted by Crippen LogP contribution is -2.43. The van der Waals surface area contributed by atoms with Gasteiger partial charge < -0.3 is 10.6 Å². The number of carbonyl (C=O) groups is 1. The number of aryl methyl sites for hydroxylation is 1. The van der Waals surface area contributed by atoms with E-state index in [4.69, 9.17) is 4.98 Å². The van der Waals surface area contributed by atoms with Gasteiger partial charge in [0.15, 0.2) is 0 Å². The van der Waals surface area contributed by atoms with Crippen molar-refractivity contribution in [1.29, 1.82) is 0 Å². The van der Waals surface area contributed by atoms with Crippen LogP contribution < -0.4 is 10.6 Å². The Hall–Kier alpha value is -2.84. The normalized spacial score (nSPS) is 15.1. The first-order chi connectivity index (χ1) is 14.5. The van der Waals surface area contributed by atoms with Crippen LogP contribution in [-0.4, -0.2) is 44.9 Å². The zero-order valence-electron chi connectivity index (χ0n) is 17.3. The largest absolute Gasteiger partial charge is 0.354 e. The zero-order valence-corrected chi connectivity index (χ0v) is 18.1. The van der Waals surface area contributed by atoms with Crippen molar-refractivity contribution < 1.29 is 4.79 Å². The first kappa shape index (κ1) is 20.4. The molecule has 2 N–H and O–H groups in total. The number of carbonyl (C=O) groups excluding carboxylic acids is 1. The fourth-order valence-electron chi connectivity index (χ4n) is 3.59. The van der Waals surface area contributed by atoms with Crippen LogP contribution in [0.25, 0.3) is 10.6 Å². The molecule has 1 fully saturated rings. The smallest absolute Gasteiger partial charge is 0.217 e. The van der Waals surface area contributed by atoms with Crippen molar-refractivity contribution in [1.82, 2.24) is 25.2 Å². The molecule has 1 amide bonds. The number of anilines is 2. The van der Waals surface area contributed by atoms with Crippen molar-refractivity contribution >= 4 is 28.9 Å². The van der Waals surface area contributed by atoms with Crippen LogP contribution in [-0.2, 0) is 11.3 Å². The van der Waals surface area contributed by atoms with Crippen molar-refractivity contribution in [3.05, 3.63) is 53.3 Å². The van der Waals surface area contributed by atoms with E-state index in [1.54, 1.807) is 24.5 Å². The van der Waals surface area contributed by atoms with Gasteiger partial charge in [-0.25, -0.2) is 15.0 Å². The number of aromatic nitrogens is 3. The molecule has 3 aromatic heterocycles. The molecule has 4 heterocycles. The molecule has 156 valence electrons. The summed E-state index contributed by atoms with van der Waals surface area (Å²) < 4.78 is 0. The van der Waals surface area contributed by atoms with Gasteiger partial charge in [0, 0.05) is 38.4 Å². The molecule has 0 spiro atoms. The molecule has 0 atom stereocenters. The van der Waals surface area contributed by atoms with Gasteiger partial charge in [0.25, 0.3) is 0 Å². The maximum Gasteiger partial charge on any atom is 0.217 e. The van der Waals surface area contributed by atoms with E-state index >= 15 is 0 Å². The third kappa shape index (κ3) is 5.40. The van der Waals surface area contributed by atoms with E-state index in [2.05, 4.69) is 25.5 Å². The van der Waals surface area contributed by atoms with E-state index in [1.165, 1.54) is 0 Å². The summed E-state index contributed by atoms with van der Waals surface area (Å²) in [6.45, 7) is 6.40. The van der Waals surface area contributed by atoms with E-state index in [-0.39, 0.29) is 5.91 Å². The molecule has 4 rings (SSSR count). The Morgan fingerprint density at radius 1 is 1.20 bits per heavy atom. The highest BCUT2D eigenvalue weighted by molar-refractivity contribution is 7.15. The number of pyridine rings is 2. The van der Waals surface area contributed by atoms with Gasteiger partial charge in [0.05, 0.1) is 17.1 Å². The zero-order chi connectivity index (χ0) is 20.9. The number of rotatable bonds is 6. The van der Waals surface area contributed by atoms with Gasteiger partial charge in [0.1, 0.15) is 16.6 Å². The number of likely N-dealkylation sites (tertiary alicyclic amines) is 1. The molecule has 30 heavy (non-hydrogen) atoms. The minimum atomic E-state index is 0.0559. The average molecular weight is 423 g/mol. The molecule has 0 aliphatic carbocycles. The Morgan fingerprint density at radius 2 is 2.03 bits per heavy atom. The summed E-state index contributed by atoms with van der Waals surface area (Å²) in [5, 5.41) is 7.38. The molecule has 0 aromatic carbocycles. The van der Waals surface area contributed by atoms with Crippen LogP contribution in [0, 0.1) is 6.92 Å². The molecule has 1 aliphatic rings. The van der Waals surface area contributed by atoms with Gasteiger partial charge in [-0.1, -0.05) is 6.07 Å². The molecule has 8 heteroatoms. The SMILES string of the molecule is CC(=O)NC1CCN(Cc2ncc(-c3cccc(Nc4cc(C)ccn4)n3)s2)CC1. The van der Waals surface area contributed by atoms with Gasteiger partial charge in [0.2, 0.25) is 5.91 Å². The van der Waals surface area contributed by atoms with Crippen LogP contribution in [0.5, 0.6) is 0 Å². The Bertz CT molecular complexity index is 1010. The molecule has 1 saturated heterocycles. The third-order valence-corrected chi connectivity index (χ3v) is 6.09. The highest BCUT2D eigenvalue weighted by Gasteiger charge is 2.20. The van der Waals surface area contributed by atoms with Gasteiger partial charge in [-0.3, -0.25) is 9.69 Å². The molecule has 7 nitrogen and oxygen atoms in total. The highest BCUT2D eigenvalue weighted by Crippen LogP contribution is 2.27. The molecule has 0 bridgehead atoms. The Kier molecular flexibility index (Phi) is 6.35. The molecular formula is C22H26N6OS. The minimum absolute atomic E-state index is 0.0559. The standard InChI is InChI=1S/C22H26N6OS/c1-15-6-9-23-21(12-15)27-20-5-3-4-18(26-20)19-13-24-22(30-19)14-28-10-7-17(8-11-28)25-16(2)29/h3-6,9,12-13,17H,7-8,10-11,14H2,1-2H3,(H,25,29)(H,23,26,27). The average Bonchev–Trinajstić information content (AvgIpc) is 3.18. The summed E-state index contributed by atoms with van der Waals surface area (Å²) in [4.78, 5) is 28.4. The number of nitrogens with zero attached hydrogens (tertiary/aromatic N) is 4. The predicted octanol–water partition coefficient (Wildman–Crippen LogP) is 3.75. The van der Waals surface area contributed by atoms with Crippen LogP contribution in [0.4, 0.5) is 11.6 Å². The number of nitrogens with one attached hydrogen (secondary N) is 2. The predicted molar refractivity (Wildman–Crippen MR) is 120 cm³/mol. The summed E-state index contributed by atoms with van der Waals surface area (Å²) in [5.41, 5.74) is 2.05. The topological polar surface area (TPSA) is 83.0 Å². The maximum absolute atomic E-state index is 11.2. The summed E-state index contributed by atoms with van der Waals surface area (Å²) in [6, 6.07) is 10.2. The van der Waals surface area contributed by atoms with Crippen molar-refractivity contribution in [2.75, 3.05) is 18.4 Å². The fraction of sp³-hybridized carbons (Fsp3) is 0.364.